The predicted molar refractivity (Wildman–Crippen MR) is 74.9 cm³/mol. The van der Waals surface area contributed by atoms with Crippen LogP contribution in [0.5, 0.6) is 5.75 Å². The number of nitrogens with zero attached hydrogens (tertiary/aromatic N) is 3. The summed E-state index contributed by atoms with van der Waals surface area (Å²) in [6.07, 6.45) is 7.95. The van der Waals surface area contributed by atoms with Gasteiger partial charge < -0.3 is 10.0 Å². The van der Waals surface area contributed by atoms with Crippen LogP contribution in [0, 0.1) is 6.42 Å². The minimum Gasteiger partial charge on any atom is -0.507 e. The van der Waals surface area contributed by atoms with E-state index in [1.807, 2.05) is 12.1 Å². The summed E-state index contributed by atoms with van der Waals surface area (Å²) in [5, 5.41) is 9.88. The summed E-state index contributed by atoms with van der Waals surface area (Å²) >= 11 is 0. The molecule has 1 aromatic carbocycles. The molecule has 1 aliphatic rings. The average Bonchev–Trinajstić information content (AvgIpc) is 2.49. The first kappa shape index (κ1) is 12.0. The number of hydrogen-bond donors (Lipinski definition) is 1. The second-order valence-corrected chi connectivity index (χ2v) is 4.63. The Balaban J connectivity index is 1.93. The van der Waals surface area contributed by atoms with Gasteiger partial charge in [0.25, 0.3) is 0 Å². The monoisotopic (exact) mass is 254 g/mol. The predicted octanol–water partition coefficient (Wildman–Crippen LogP) is 2.65. The van der Waals surface area contributed by atoms with Gasteiger partial charge in [-0.1, -0.05) is 12.1 Å². The smallest absolute Gasteiger partial charge is 0.147 e. The number of hydrogen-bond acceptors (Lipinski definition) is 4. The maximum atomic E-state index is 9.88. The third-order valence-electron chi connectivity index (χ3n) is 3.33. The largest absolute Gasteiger partial charge is 0.507 e. The molecule has 1 aromatic heterocycles. The van der Waals surface area contributed by atoms with Gasteiger partial charge >= 0.3 is 0 Å². The maximum Gasteiger partial charge on any atom is 0.147 e. The molecule has 0 unspecified atom stereocenters. The van der Waals surface area contributed by atoms with E-state index in [9.17, 15) is 5.11 Å². The van der Waals surface area contributed by atoms with Gasteiger partial charge in [-0.2, -0.15) is 0 Å². The Morgan fingerprint density at radius 3 is 2.63 bits per heavy atom. The van der Waals surface area contributed by atoms with Gasteiger partial charge in [0, 0.05) is 18.7 Å². The molecule has 0 bridgehead atoms. The SMILES string of the molecule is Oc1ccccc1-c1cncc(N2CC[CH]CC2)n1. The molecule has 0 aliphatic carbocycles. The number of aromatic hydroxyl groups is 1. The topological polar surface area (TPSA) is 49.3 Å². The molecule has 4 heteroatoms. The van der Waals surface area contributed by atoms with Crippen molar-refractivity contribution >= 4 is 5.82 Å². The van der Waals surface area contributed by atoms with Crippen molar-refractivity contribution in [2.75, 3.05) is 18.0 Å². The second-order valence-electron chi connectivity index (χ2n) is 4.63. The van der Waals surface area contributed by atoms with Crippen molar-refractivity contribution < 1.29 is 5.11 Å². The molecule has 4 nitrogen and oxygen atoms in total. The number of phenols is 1. The maximum absolute atomic E-state index is 9.88. The fourth-order valence-electron chi connectivity index (χ4n) is 2.31. The van der Waals surface area contributed by atoms with Crippen molar-refractivity contribution in [3.8, 4) is 17.0 Å². The molecule has 0 amide bonds. The van der Waals surface area contributed by atoms with Crippen LogP contribution in [0.2, 0.25) is 0 Å². The lowest BCUT2D eigenvalue weighted by atomic mass is 10.1. The molecule has 0 spiro atoms. The summed E-state index contributed by atoms with van der Waals surface area (Å²) in [7, 11) is 0. The molecule has 1 N–H and O–H groups in total. The lowest BCUT2D eigenvalue weighted by Gasteiger charge is -2.27. The summed E-state index contributed by atoms with van der Waals surface area (Å²) in [5.41, 5.74) is 1.44. The number of rotatable bonds is 2. The van der Waals surface area contributed by atoms with Crippen LogP contribution in [0.25, 0.3) is 11.3 Å². The number of aromatic nitrogens is 2. The first-order chi connectivity index (χ1) is 9.34. The standard InChI is InChI=1S/C15H16N3O/c19-14-7-3-2-6-12(14)13-10-16-11-15(17-13)18-8-4-1-5-9-18/h1-3,6-7,10-11,19H,4-5,8-9H2. The van der Waals surface area contributed by atoms with E-state index in [1.54, 1.807) is 24.5 Å². The van der Waals surface area contributed by atoms with Gasteiger partial charge in [0.05, 0.1) is 18.1 Å². The number of phenolic OH excluding ortho intramolecular Hbond substituents is 1. The summed E-state index contributed by atoms with van der Waals surface area (Å²) in [6.45, 7) is 1.97. The van der Waals surface area contributed by atoms with Crippen LogP contribution in [-0.4, -0.2) is 28.2 Å². The molecule has 1 radical (unpaired) electrons. The molecule has 1 saturated heterocycles. The van der Waals surface area contributed by atoms with Crippen LogP contribution in [-0.2, 0) is 0 Å². The molecule has 2 heterocycles. The van der Waals surface area contributed by atoms with Crippen molar-refractivity contribution in [3.63, 3.8) is 0 Å². The van der Waals surface area contributed by atoms with Crippen LogP contribution >= 0.6 is 0 Å². The van der Waals surface area contributed by atoms with Crippen LogP contribution in [0.1, 0.15) is 12.8 Å². The zero-order valence-corrected chi connectivity index (χ0v) is 10.7. The van der Waals surface area contributed by atoms with Crippen LogP contribution in [0.4, 0.5) is 5.82 Å². The summed E-state index contributed by atoms with van der Waals surface area (Å²) in [5.74, 6) is 1.12. The van der Waals surface area contributed by atoms with Gasteiger partial charge in [-0.25, -0.2) is 4.98 Å². The highest BCUT2D eigenvalue weighted by Gasteiger charge is 2.14. The van der Waals surface area contributed by atoms with Crippen LogP contribution in [0.3, 0.4) is 0 Å². The number of anilines is 1. The highest BCUT2D eigenvalue weighted by molar-refractivity contribution is 5.67. The van der Waals surface area contributed by atoms with E-state index in [4.69, 9.17) is 0 Å². The Hall–Kier alpha value is -2.10. The van der Waals surface area contributed by atoms with E-state index < -0.39 is 0 Å². The third-order valence-corrected chi connectivity index (χ3v) is 3.33. The Labute approximate surface area is 112 Å². The molecule has 1 fully saturated rings. The quantitative estimate of drug-likeness (QED) is 0.895. The minimum atomic E-state index is 0.237. The number of para-hydroxylation sites is 1. The first-order valence-corrected chi connectivity index (χ1v) is 6.51. The summed E-state index contributed by atoms with van der Waals surface area (Å²) in [4.78, 5) is 11.1. The van der Waals surface area contributed by atoms with Crippen molar-refractivity contribution in [1.29, 1.82) is 0 Å². The van der Waals surface area contributed by atoms with Gasteiger partial charge in [-0.15, -0.1) is 0 Å². The Kier molecular flexibility index (Phi) is 3.31. The van der Waals surface area contributed by atoms with Crippen LogP contribution < -0.4 is 4.90 Å². The van der Waals surface area contributed by atoms with Crippen molar-refractivity contribution in [3.05, 3.63) is 43.1 Å². The number of benzene rings is 1. The van der Waals surface area contributed by atoms with E-state index in [2.05, 4.69) is 21.3 Å². The van der Waals surface area contributed by atoms with Crippen molar-refractivity contribution in [2.45, 2.75) is 12.8 Å². The molecule has 97 valence electrons. The summed E-state index contributed by atoms with van der Waals surface area (Å²) in [6, 6.07) is 7.21. The van der Waals surface area contributed by atoms with E-state index in [0.717, 1.165) is 37.3 Å². The van der Waals surface area contributed by atoms with Gasteiger partial charge in [0.2, 0.25) is 0 Å². The Morgan fingerprint density at radius 2 is 1.84 bits per heavy atom. The van der Waals surface area contributed by atoms with Gasteiger partial charge in [0.1, 0.15) is 11.6 Å². The Morgan fingerprint density at radius 1 is 1.05 bits per heavy atom. The normalized spacial score (nSPS) is 15.5. The molecule has 0 saturated carbocycles. The molecule has 1 aliphatic heterocycles. The molecule has 19 heavy (non-hydrogen) atoms. The number of piperidine rings is 1. The fraction of sp³-hybridized carbons (Fsp3) is 0.267. The second kappa shape index (κ2) is 5.26. The summed E-state index contributed by atoms with van der Waals surface area (Å²) < 4.78 is 0. The van der Waals surface area contributed by atoms with E-state index in [0.29, 0.717) is 5.69 Å². The van der Waals surface area contributed by atoms with Gasteiger partial charge in [-0.3, -0.25) is 4.98 Å². The molecule has 0 atom stereocenters. The molecule has 2 aromatic rings. The van der Waals surface area contributed by atoms with Gasteiger partial charge in [-0.05, 0) is 31.4 Å². The lowest BCUT2D eigenvalue weighted by molar-refractivity contribution is 0.477. The van der Waals surface area contributed by atoms with Crippen LogP contribution in [0.15, 0.2) is 36.7 Å². The fourth-order valence-corrected chi connectivity index (χ4v) is 2.31. The van der Waals surface area contributed by atoms with Gasteiger partial charge in [0.15, 0.2) is 0 Å². The highest BCUT2D eigenvalue weighted by atomic mass is 16.3. The van der Waals surface area contributed by atoms with E-state index >= 15 is 0 Å². The van der Waals surface area contributed by atoms with Crippen molar-refractivity contribution in [2.24, 2.45) is 0 Å². The molecular weight excluding hydrogens is 238 g/mol. The third kappa shape index (κ3) is 2.52. The average molecular weight is 254 g/mol. The molecular formula is C15H16N3O. The minimum absolute atomic E-state index is 0.237. The highest BCUT2D eigenvalue weighted by Crippen LogP contribution is 2.28. The van der Waals surface area contributed by atoms with E-state index in [-0.39, 0.29) is 5.75 Å². The zero-order valence-electron chi connectivity index (χ0n) is 10.7. The molecule has 3 rings (SSSR count). The zero-order chi connectivity index (χ0) is 13.1. The Bertz CT molecular complexity index is 565. The first-order valence-electron chi connectivity index (χ1n) is 6.51. The lowest BCUT2D eigenvalue weighted by Crippen LogP contribution is -2.30. The van der Waals surface area contributed by atoms with E-state index in [1.165, 1.54) is 0 Å². The van der Waals surface area contributed by atoms with Crippen molar-refractivity contribution in [1.82, 2.24) is 9.97 Å².